The molecule has 1 unspecified atom stereocenters. The molecule has 2 rings (SSSR count). The molecule has 0 aromatic heterocycles. The monoisotopic (exact) mass is 311 g/mol. The predicted molar refractivity (Wildman–Crippen MR) is 78.9 cm³/mol. The van der Waals surface area contributed by atoms with Crippen LogP contribution in [0.5, 0.6) is 5.75 Å². The summed E-state index contributed by atoms with van der Waals surface area (Å²) in [6.07, 6.45) is 3.17. The van der Waals surface area contributed by atoms with E-state index in [1.807, 2.05) is 11.8 Å². The van der Waals surface area contributed by atoms with E-state index in [0.29, 0.717) is 5.75 Å². The molecule has 1 amide bonds. The number of benzene rings is 1. The summed E-state index contributed by atoms with van der Waals surface area (Å²) >= 11 is 5.78. The van der Waals surface area contributed by atoms with Gasteiger partial charge in [-0.25, -0.2) is 4.79 Å². The molecule has 1 aromatic rings. The van der Waals surface area contributed by atoms with Crippen molar-refractivity contribution in [2.24, 2.45) is 0 Å². The summed E-state index contributed by atoms with van der Waals surface area (Å²) in [5, 5.41) is 9.14. The summed E-state index contributed by atoms with van der Waals surface area (Å²) in [7, 11) is 0. The van der Waals surface area contributed by atoms with Crippen LogP contribution in [-0.4, -0.2) is 41.1 Å². The fourth-order valence-corrected chi connectivity index (χ4v) is 2.65. The Hall–Kier alpha value is -1.75. The van der Waals surface area contributed by atoms with Gasteiger partial charge in [-0.3, -0.25) is 4.79 Å². The number of amides is 1. The molecule has 1 N–H and O–H groups in total. The zero-order valence-corrected chi connectivity index (χ0v) is 12.6. The number of aromatic carboxylic acids is 1. The van der Waals surface area contributed by atoms with Crippen molar-refractivity contribution in [3.63, 3.8) is 0 Å². The molecule has 0 radical (unpaired) electrons. The number of likely N-dealkylation sites (tertiary alicyclic amines) is 1. The third-order valence-electron chi connectivity index (χ3n) is 3.65. The molecule has 0 spiro atoms. The fourth-order valence-electron chi connectivity index (χ4n) is 2.45. The van der Waals surface area contributed by atoms with Crippen molar-refractivity contribution >= 4 is 23.5 Å². The van der Waals surface area contributed by atoms with E-state index in [2.05, 4.69) is 0 Å². The first-order chi connectivity index (χ1) is 9.99. The highest BCUT2D eigenvalue weighted by molar-refractivity contribution is 6.33. The van der Waals surface area contributed by atoms with Crippen LogP contribution in [0.25, 0.3) is 0 Å². The summed E-state index contributed by atoms with van der Waals surface area (Å²) in [5.74, 6) is -0.870. The quantitative estimate of drug-likeness (QED) is 0.928. The maximum atomic E-state index is 12.1. The lowest BCUT2D eigenvalue weighted by Gasteiger charge is -2.33. The lowest BCUT2D eigenvalue weighted by Crippen LogP contribution is -2.44. The molecule has 1 atom stereocenters. The fraction of sp³-hybridized carbons (Fsp3) is 0.467. The smallest absolute Gasteiger partial charge is 0.337 e. The second kappa shape index (κ2) is 6.80. The number of halogens is 1. The minimum absolute atomic E-state index is 0.0343. The summed E-state index contributed by atoms with van der Waals surface area (Å²) in [6.45, 7) is 2.69. The number of ether oxygens (including phenoxy) is 1. The Bertz CT molecular complexity index is 546. The zero-order valence-electron chi connectivity index (χ0n) is 11.8. The van der Waals surface area contributed by atoms with Crippen molar-refractivity contribution in [1.29, 1.82) is 0 Å². The van der Waals surface area contributed by atoms with Gasteiger partial charge in [0.25, 0.3) is 5.91 Å². The van der Waals surface area contributed by atoms with Gasteiger partial charge in [0.15, 0.2) is 6.61 Å². The minimum Gasteiger partial charge on any atom is -0.484 e. The molecule has 1 fully saturated rings. The first-order valence-electron chi connectivity index (χ1n) is 6.94. The summed E-state index contributed by atoms with van der Waals surface area (Å²) < 4.78 is 5.40. The van der Waals surface area contributed by atoms with Crippen molar-refractivity contribution in [3.8, 4) is 5.75 Å². The Balaban J connectivity index is 1.98. The maximum absolute atomic E-state index is 12.1. The Morgan fingerprint density at radius 3 is 2.86 bits per heavy atom. The summed E-state index contributed by atoms with van der Waals surface area (Å²) in [5.41, 5.74) is -0.0343. The van der Waals surface area contributed by atoms with Gasteiger partial charge < -0.3 is 14.7 Å². The first-order valence-corrected chi connectivity index (χ1v) is 7.32. The van der Waals surface area contributed by atoms with Gasteiger partial charge in [-0.05, 0) is 44.4 Å². The van der Waals surface area contributed by atoms with Gasteiger partial charge in [-0.2, -0.15) is 0 Å². The zero-order chi connectivity index (χ0) is 15.4. The van der Waals surface area contributed by atoms with E-state index in [4.69, 9.17) is 21.4 Å². The topological polar surface area (TPSA) is 66.8 Å². The van der Waals surface area contributed by atoms with Crippen molar-refractivity contribution in [1.82, 2.24) is 4.90 Å². The predicted octanol–water partition coefficient (Wildman–Crippen LogP) is 2.82. The van der Waals surface area contributed by atoms with Gasteiger partial charge >= 0.3 is 5.97 Å². The Labute approximate surface area is 128 Å². The van der Waals surface area contributed by atoms with Crippen LogP contribution in [0.3, 0.4) is 0 Å². The van der Waals surface area contributed by atoms with Crippen molar-refractivity contribution in [2.45, 2.75) is 32.2 Å². The number of carboxylic acid groups (broad SMARTS) is 1. The number of nitrogens with zero attached hydrogens (tertiary/aromatic N) is 1. The molecular weight excluding hydrogens is 294 g/mol. The van der Waals surface area contributed by atoms with Crippen LogP contribution in [0.15, 0.2) is 18.2 Å². The molecule has 5 nitrogen and oxygen atoms in total. The summed E-state index contributed by atoms with van der Waals surface area (Å²) in [6, 6.07) is 4.57. The molecule has 0 saturated carbocycles. The van der Waals surface area contributed by atoms with Crippen LogP contribution < -0.4 is 4.74 Å². The van der Waals surface area contributed by atoms with Gasteiger partial charge in [-0.1, -0.05) is 11.6 Å². The largest absolute Gasteiger partial charge is 0.484 e. The van der Waals surface area contributed by atoms with E-state index in [1.165, 1.54) is 12.1 Å². The average molecular weight is 312 g/mol. The molecule has 1 aliphatic rings. The van der Waals surface area contributed by atoms with E-state index < -0.39 is 5.97 Å². The number of piperidine rings is 1. The number of carboxylic acids is 1. The minimum atomic E-state index is -1.12. The van der Waals surface area contributed by atoms with Gasteiger partial charge in [-0.15, -0.1) is 0 Å². The molecule has 6 heteroatoms. The second-order valence-electron chi connectivity index (χ2n) is 5.17. The lowest BCUT2D eigenvalue weighted by atomic mass is 10.0. The second-order valence-corrected chi connectivity index (χ2v) is 5.57. The molecule has 0 aliphatic carbocycles. The van der Waals surface area contributed by atoms with Crippen LogP contribution in [0.4, 0.5) is 0 Å². The van der Waals surface area contributed by atoms with E-state index >= 15 is 0 Å². The standard InChI is InChI=1S/C15H18ClNO4/c1-10-4-2-3-7-17(10)14(18)9-21-11-5-6-13(16)12(8-11)15(19)20/h5-6,8,10H,2-4,7,9H2,1H3,(H,19,20). The van der Waals surface area contributed by atoms with Crippen molar-refractivity contribution in [2.75, 3.05) is 13.2 Å². The Morgan fingerprint density at radius 1 is 1.43 bits per heavy atom. The SMILES string of the molecule is CC1CCCCN1C(=O)COc1ccc(Cl)c(C(=O)O)c1. The first kappa shape index (κ1) is 15.6. The van der Waals surface area contributed by atoms with E-state index in [0.717, 1.165) is 25.8 Å². The number of carbonyl (C=O) groups excluding carboxylic acids is 1. The normalized spacial score (nSPS) is 18.4. The molecule has 1 aliphatic heterocycles. The molecule has 1 heterocycles. The third kappa shape index (κ3) is 3.88. The molecule has 0 bridgehead atoms. The van der Waals surface area contributed by atoms with Gasteiger partial charge in [0, 0.05) is 12.6 Å². The molecular formula is C15H18ClNO4. The van der Waals surface area contributed by atoms with Crippen LogP contribution in [0, 0.1) is 0 Å². The summed E-state index contributed by atoms with van der Waals surface area (Å²) in [4.78, 5) is 24.9. The van der Waals surface area contributed by atoms with Gasteiger partial charge in [0.05, 0.1) is 10.6 Å². The van der Waals surface area contributed by atoms with Crippen LogP contribution in [0.2, 0.25) is 5.02 Å². The molecule has 1 saturated heterocycles. The Kier molecular flexibility index (Phi) is 5.07. The van der Waals surface area contributed by atoms with Crippen LogP contribution >= 0.6 is 11.6 Å². The van der Waals surface area contributed by atoms with E-state index in [9.17, 15) is 9.59 Å². The maximum Gasteiger partial charge on any atom is 0.337 e. The Morgan fingerprint density at radius 2 is 2.19 bits per heavy atom. The van der Waals surface area contributed by atoms with E-state index in [1.54, 1.807) is 6.07 Å². The number of carbonyl (C=O) groups is 2. The number of hydrogen-bond acceptors (Lipinski definition) is 3. The highest BCUT2D eigenvalue weighted by Crippen LogP contribution is 2.22. The number of rotatable bonds is 4. The van der Waals surface area contributed by atoms with E-state index in [-0.39, 0.29) is 29.1 Å². The van der Waals surface area contributed by atoms with Crippen LogP contribution in [0.1, 0.15) is 36.5 Å². The lowest BCUT2D eigenvalue weighted by molar-refractivity contribution is -0.136. The number of hydrogen-bond donors (Lipinski definition) is 1. The van der Waals surface area contributed by atoms with Gasteiger partial charge in [0.1, 0.15) is 5.75 Å². The van der Waals surface area contributed by atoms with Gasteiger partial charge in [0.2, 0.25) is 0 Å². The highest BCUT2D eigenvalue weighted by Gasteiger charge is 2.23. The molecule has 21 heavy (non-hydrogen) atoms. The highest BCUT2D eigenvalue weighted by atomic mass is 35.5. The average Bonchev–Trinajstić information content (AvgIpc) is 2.46. The molecule has 114 valence electrons. The van der Waals surface area contributed by atoms with Crippen molar-refractivity contribution in [3.05, 3.63) is 28.8 Å². The van der Waals surface area contributed by atoms with Crippen molar-refractivity contribution < 1.29 is 19.4 Å². The molecule has 1 aromatic carbocycles. The third-order valence-corrected chi connectivity index (χ3v) is 3.98. The van der Waals surface area contributed by atoms with Crippen LogP contribution in [-0.2, 0) is 4.79 Å².